The van der Waals surface area contributed by atoms with E-state index in [9.17, 15) is 5.11 Å². The molecule has 0 saturated heterocycles. The van der Waals surface area contributed by atoms with E-state index in [1.165, 1.54) is 5.56 Å². The Balaban J connectivity index is 2.49. The highest BCUT2D eigenvalue weighted by Gasteiger charge is 2.07. The van der Waals surface area contributed by atoms with E-state index in [0.717, 1.165) is 37.6 Å². The average Bonchev–Trinajstić information content (AvgIpc) is 2.49. The number of guanidine groups is 1. The Morgan fingerprint density at radius 2 is 2.00 bits per heavy atom. The van der Waals surface area contributed by atoms with Crippen LogP contribution in [0.3, 0.4) is 0 Å². The van der Waals surface area contributed by atoms with E-state index in [1.54, 1.807) is 7.11 Å². The summed E-state index contributed by atoms with van der Waals surface area (Å²) in [6.07, 6.45) is 0.335. The van der Waals surface area contributed by atoms with Crippen LogP contribution in [0.2, 0.25) is 0 Å². The fourth-order valence-electron chi connectivity index (χ4n) is 1.84. The third-order valence-corrected chi connectivity index (χ3v) is 3.05. The van der Waals surface area contributed by atoms with Gasteiger partial charge in [0.15, 0.2) is 5.96 Å². The summed E-state index contributed by atoms with van der Waals surface area (Å²) in [4.78, 5) is 4.41. The van der Waals surface area contributed by atoms with Crippen molar-refractivity contribution in [2.24, 2.45) is 4.99 Å². The molecule has 1 aromatic rings. The molecular formula is C16H27N3O2. The normalized spacial score (nSPS) is 13.0. The summed E-state index contributed by atoms with van der Waals surface area (Å²) in [6, 6.07) is 7.87. The molecule has 0 spiro atoms. The van der Waals surface area contributed by atoms with E-state index >= 15 is 0 Å². The number of nitrogens with one attached hydrogen (secondary N) is 2. The molecule has 0 saturated carbocycles. The highest BCUT2D eigenvalue weighted by atomic mass is 16.5. The smallest absolute Gasteiger partial charge is 0.191 e. The second-order valence-corrected chi connectivity index (χ2v) is 4.92. The van der Waals surface area contributed by atoms with Crippen LogP contribution in [-0.4, -0.2) is 44.4 Å². The van der Waals surface area contributed by atoms with Gasteiger partial charge in [-0.25, -0.2) is 0 Å². The Labute approximate surface area is 127 Å². The molecule has 0 aromatic heterocycles. The molecule has 0 bridgehead atoms. The molecule has 3 N–H and O–H groups in total. The molecule has 0 radical (unpaired) electrons. The predicted octanol–water partition coefficient (Wildman–Crippen LogP) is 1.62. The van der Waals surface area contributed by atoms with Gasteiger partial charge in [-0.3, -0.25) is 4.99 Å². The van der Waals surface area contributed by atoms with Crippen LogP contribution in [-0.2, 0) is 4.74 Å². The molecule has 0 fully saturated rings. The molecule has 1 atom stereocenters. The lowest BCUT2D eigenvalue weighted by Crippen LogP contribution is -2.38. The monoisotopic (exact) mass is 293 g/mol. The Morgan fingerprint density at radius 1 is 1.29 bits per heavy atom. The van der Waals surface area contributed by atoms with Crippen molar-refractivity contribution in [1.82, 2.24) is 10.6 Å². The van der Waals surface area contributed by atoms with Crippen molar-refractivity contribution in [1.29, 1.82) is 0 Å². The van der Waals surface area contributed by atoms with E-state index in [0.29, 0.717) is 6.54 Å². The number of hydrogen-bond acceptors (Lipinski definition) is 3. The number of aliphatic hydroxyl groups is 1. The summed E-state index contributed by atoms with van der Waals surface area (Å²) in [6.45, 7) is 6.68. The van der Waals surface area contributed by atoms with Gasteiger partial charge in [0, 0.05) is 26.8 Å². The van der Waals surface area contributed by atoms with Crippen LogP contribution < -0.4 is 10.6 Å². The molecule has 5 nitrogen and oxygen atoms in total. The molecular weight excluding hydrogens is 266 g/mol. The summed E-state index contributed by atoms with van der Waals surface area (Å²) in [5.41, 5.74) is 2.07. The number of aliphatic imine (C=N–C) groups is 1. The van der Waals surface area contributed by atoms with Gasteiger partial charge in [0.25, 0.3) is 0 Å². The molecule has 0 aliphatic heterocycles. The zero-order valence-electron chi connectivity index (χ0n) is 13.2. The number of rotatable bonds is 8. The van der Waals surface area contributed by atoms with E-state index < -0.39 is 6.10 Å². The minimum atomic E-state index is -0.583. The van der Waals surface area contributed by atoms with Crippen LogP contribution in [0.1, 0.15) is 30.6 Å². The van der Waals surface area contributed by atoms with Crippen molar-refractivity contribution in [3.8, 4) is 0 Å². The van der Waals surface area contributed by atoms with Gasteiger partial charge in [-0.2, -0.15) is 0 Å². The predicted molar refractivity (Wildman–Crippen MR) is 86.6 cm³/mol. The van der Waals surface area contributed by atoms with Gasteiger partial charge >= 0.3 is 0 Å². The van der Waals surface area contributed by atoms with Crippen LogP contribution in [0.15, 0.2) is 29.3 Å². The Hall–Kier alpha value is -1.59. The van der Waals surface area contributed by atoms with Gasteiger partial charge < -0.3 is 20.5 Å². The molecule has 0 amide bonds. The molecule has 0 heterocycles. The third kappa shape index (κ3) is 7.11. The summed E-state index contributed by atoms with van der Waals surface area (Å²) in [5, 5.41) is 16.5. The van der Waals surface area contributed by atoms with Crippen molar-refractivity contribution in [3.05, 3.63) is 35.4 Å². The standard InChI is InChI=1S/C16H27N3O2/c1-4-17-16(18-10-5-11-21-3)19-12-15(20)14-8-6-13(2)7-9-14/h6-9,15,20H,4-5,10-12H2,1-3H3,(H2,17,18,19). The lowest BCUT2D eigenvalue weighted by atomic mass is 10.1. The quantitative estimate of drug-likeness (QED) is 0.387. The van der Waals surface area contributed by atoms with Gasteiger partial charge in [0.05, 0.1) is 12.6 Å². The summed E-state index contributed by atoms with van der Waals surface area (Å²) in [7, 11) is 1.69. The number of benzene rings is 1. The zero-order valence-corrected chi connectivity index (χ0v) is 13.2. The molecule has 0 aliphatic rings. The van der Waals surface area contributed by atoms with Gasteiger partial charge in [0.2, 0.25) is 0 Å². The zero-order chi connectivity index (χ0) is 15.5. The van der Waals surface area contributed by atoms with Gasteiger partial charge in [0.1, 0.15) is 0 Å². The first-order chi connectivity index (χ1) is 10.2. The lowest BCUT2D eigenvalue weighted by Gasteiger charge is -2.13. The number of aliphatic hydroxyl groups excluding tert-OH is 1. The SMILES string of the molecule is CCNC(=NCC(O)c1ccc(C)cc1)NCCCOC. The number of hydrogen-bond donors (Lipinski definition) is 3. The summed E-state index contributed by atoms with van der Waals surface area (Å²) >= 11 is 0. The van der Waals surface area contributed by atoms with Crippen molar-refractivity contribution in [3.63, 3.8) is 0 Å². The maximum atomic E-state index is 10.2. The molecule has 1 aromatic carbocycles. The van der Waals surface area contributed by atoms with Gasteiger partial charge in [-0.1, -0.05) is 29.8 Å². The van der Waals surface area contributed by atoms with Crippen LogP contribution in [0, 0.1) is 6.92 Å². The lowest BCUT2D eigenvalue weighted by molar-refractivity contribution is 0.187. The van der Waals surface area contributed by atoms with Crippen LogP contribution in [0.4, 0.5) is 0 Å². The summed E-state index contributed by atoms with van der Waals surface area (Å²) in [5.74, 6) is 0.722. The second-order valence-electron chi connectivity index (χ2n) is 4.92. The van der Waals surface area contributed by atoms with E-state index in [2.05, 4.69) is 15.6 Å². The maximum Gasteiger partial charge on any atom is 0.191 e. The first-order valence-electron chi connectivity index (χ1n) is 7.43. The highest BCUT2D eigenvalue weighted by molar-refractivity contribution is 5.79. The van der Waals surface area contributed by atoms with Crippen molar-refractivity contribution >= 4 is 5.96 Å². The minimum absolute atomic E-state index is 0.336. The number of aryl methyl sites for hydroxylation is 1. The van der Waals surface area contributed by atoms with E-state index in [4.69, 9.17) is 4.74 Å². The number of nitrogens with zero attached hydrogens (tertiary/aromatic N) is 1. The molecule has 1 unspecified atom stereocenters. The number of ether oxygens (including phenoxy) is 1. The highest BCUT2D eigenvalue weighted by Crippen LogP contribution is 2.13. The minimum Gasteiger partial charge on any atom is -0.386 e. The van der Waals surface area contributed by atoms with Crippen LogP contribution >= 0.6 is 0 Å². The second kappa shape index (κ2) is 10.2. The van der Waals surface area contributed by atoms with E-state index in [1.807, 2.05) is 38.1 Å². The fourth-order valence-corrected chi connectivity index (χ4v) is 1.84. The first-order valence-corrected chi connectivity index (χ1v) is 7.43. The fraction of sp³-hybridized carbons (Fsp3) is 0.562. The molecule has 0 aliphatic carbocycles. The topological polar surface area (TPSA) is 65.9 Å². The van der Waals surface area contributed by atoms with Crippen molar-refractivity contribution < 1.29 is 9.84 Å². The van der Waals surface area contributed by atoms with Gasteiger partial charge in [-0.15, -0.1) is 0 Å². The Morgan fingerprint density at radius 3 is 2.62 bits per heavy atom. The average molecular weight is 293 g/mol. The van der Waals surface area contributed by atoms with Crippen molar-refractivity contribution in [2.75, 3.05) is 33.4 Å². The molecule has 118 valence electrons. The largest absolute Gasteiger partial charge is 0.386 e. The molecule has 21 heavy (non-hydrogen) atoms. The van der Waals surface area contributed by atoms with Crippen LogP contribution in [0.25, 0.3) is 0 Å². The molecule has 1 rings (SSSR count). The maximum absolute atomic E-state index is 10.2. The molecule has 5 heteroatoms. The van der Waals surface area contributed by atoms with Gasteiger partial charge in [-0.05, 0) is 25.8 Å². The summed E-state index contributed by atoms with van der Waals surface area (Å²) < 4.78 is 5.01. The number of methoxy groups -OCH3 is 1. The Bertz CT molecular complexity index is 418. The third-order valence-electron chi connectivity index (χ3n) is 3.05. The van der Waals surface area contributed by atoms with Crippen molar-refractivity contribution in [2.45, 2.75) is 26.4 Å². The Kier molecular flexibility index (Phi) is 8.47. The first kappa shape index (κ1) is 17.5. The van der Waals surface area contributed by atoms with Crippen LogP contribution in [0.5, 0.6) is 0 Å². The van der Waals surface area contributed by atoms with E-state index in [-0.39, 0.29) is 0 Å².